The molecule has 0 aliphatic carbocycles. The maximum Gasteiger partial charge on any atom is 0.409 e. The third-order valence-corrected chi connectivity index (χ3v) is 3.94. The molecule has 0 aromatic rings. The minimum absolute atomic E-state index is 0.0731. The van der Waals surface area contributed by atoms with E-state index in [1.807, 2.05) is 0 Å². The molecule has 1 amide bonds. The number of likely N-dealkylation sites (tertiary alicyclic amines) is 1. The highest BCUT2D eigenvalue weighted by atomic mass is 19.4. The second-order valence-electron chi connectivity index (χ2n) is 5.33. The van der Waals surface area contributed by atoms with Gasteiger partial charge in [-0.1, -0.05) is 0 Å². The zero-order valence-corrected chi connectivity index (χ0v) is 10.6. The lowest BCUT2D eigenvalue weighted by Crippen LogP contribution is -2.53. The van der Waals surface area contributed by atoms with Crippen molar-refractivity contribution >= 4 is 5.91 Å². The number of fused-ring (bicyclic) bond motifs is 1. The van der Waals surface area contributed by atoms with Crippen LogP contribution in [0.2, 0.25) is 0 Å². The predicted molar refractivity (Wildman–Crippen MR) is 56.7 cm³/mol. The van der Waals surface area contributed by atoms with Crippen molar-refractivity contribution in [3.8, 4) is 0 Å². The number of carbonyl (C=O) groups is 1. The number of carbonyl (C=O) groups excluding carboxylic acids is 1. The fraction of sp³-hybridized carbons (Fsp3) is 0.909. The van der Waals surface area contributed by atoms with E-state index >= 15 is 0 Å². The van der Waals surface area contributed by atoms with Crippen LogP contribution in [-0.4, -0.2) is 48.3 Å². The zero-order valence-electron chi connectivity index (χ0n) is 10.6. The second kappa shape index (κ2) is 4.78. The van der Waals surface area contributed by atoms with Crippen molar-refractivity contribution in [3.05, 3.63) is 0 Å². The van der Waals surface area contributed by atoms with E-state index in [4.69, 9.17) is 0 Å². The first kappa shape index (κ1) is 15.4. The standard InChI is InChI=1S/C11H14F6N2O/c1-5-2-6-3-18-4-7(6)19(5)9(20)8(10(12,13)14)11(15,16)17/h5-8,18H,2-4H2,1H3. The summed E-state index contributed by atoms with van der Waals surface area (Å²) in [6.45, 7) is 2.24. The predicted octanol–water partition coefficient (Wildman–Crippen LogP) is 1.94. The van der Waals surface area contributed by atoms with Gasteiger partial charge in [-0.25, -0.2) is 0 Å². The van der Waals surface area contributed by atoms with Gasteiger partial charge in [0.2, 0.25) is 11.8 Å². The zero-order chi connectivity index (χ0) is 15.3. The van der Waals surface area contributed by atoms with Gasteiger partial charge in [0.15, 0.2) is 0 Å². The molecule has 1 N–H and O–H groups in total. The molecule has 20 heavy (non-hydrogen) atoms. The van der Waals surface area contributed by atoms with Crippen LogP contribution in [0.5, 0.6) is 0 Å². The van der Waals surface area contributed by atoms with Crippen molar-refractivity contribution < 1.29 is 31.1 Å². The first-order valence-corrected chi connectivity index (χ1v) is 6.19. The summed E-state index contributed by atoms with van der Waals surface area (Å²) in [7, 11) is 0. The summed E-state index contributed by atoms with van der Waals surface area (Å²) in [5, 5.41) is 2.89. The third-order valence-electron chi connectivity index (χ3n) is 3.94. The first-order valence-electron chi connectivity index (χ1n) is 6.19. The number of alkyl halides is 6. The minimum atomic E-state index is -5.63. The van der Waals surface area contributed by atoms with Crippen molar-refractivity contribution in [3.63, 3.8) is 0 Å². The van der Waals surface area contributed by atoms with Crippen LogP contribution in [0.15, 0.2) is 0 Å². The van der Waals surface area contributed by atoms with Gasteiger partial charge in [0, 0.05) is 25.2 Å². The van der Waals surface area contributed by atoms with Gasteiger partial charge in [-0.15, -0.1) is 0 Å². The summed E-state index contributed by atoms with van der Waals surface area (Å²) in [6.07, 6.45) is -10.8. The lowest BCUT2D eigenvalue weighted by Gasteiger charge is -2.32. The Morgan fingerprint density at radius 3 is 2.20 bits per heavy atom. The number of halogens is 6. The van der Waals surface area contributed by atoms with Crippen LogP contribution < -0.4 is 5.32 Å². The molecule has 0 aromatic carbocycles. The van der Waals surface area contributed by atoms with Crippen molar-refractivity contribution in [1.82, 2.24) is 10.2 Å². The van der Waals surface area contributed by atoms with E-state index in [2.05, 4.69) is 5.32 Å². The summed E-state index contributed by atoms with van der Waals surface area (Å²) in [4.78, 5) is 12.6. The molecule has 0 saturated carbocycles. The highest BCUT2D eigenvalue weighted by Crippen LogP contribution is 2.43. The normalized spacial score (nSPS) is 31.0. The molecule has 3 atom stereocenters. The van der Waals surface area contributed by atoms with Crippen molar-refractivity contribution in [2.45, 2.75) is 37.8 Å². The maximum absolute atomic E-state index is 12.6. The number of nitrogens with zero attached hydrogens (tertiary/aromatic N) is 1. The van der Waals surface area contributed by atoms with E-state index in [1.165, 1.54) is 6.92 Å². The molecule has 3 nitrogen and oxygen atoms in total. The van der Waals surface area contributed by atoms with E-state index < -0.39 is 36.3 Å². The van der Waals surface area contributed by atoms with Crippen molar-refractivity contribution in [2.24, 2.45) is 11.8 Å². The molecule has 2 aliphatic heterocycles. The van der Waals surface area contributed by atoms with Gasteiger partial charge in [-0.05, 0) is 19.3 Å². The number of rotatable bonds is 1. The van der Waals surface area contributed by atoms with Crippen LogP contribution in [0.3, 0.4) is 0 Å². The average Bonchev–Trinajstić information content (AvgIpc) is 2.70. The SMILES string of the molecule is CC1CC2CNCC2N1C(=O)C(C(F)(F)F)C(F)(F)F. The Bertz CT molecular complexity index is 379. The number of amides is 1. The van der Waals surface area contributed by atoms with Crippen LogP contribution >= 0.6 is 0 Å². The molecule has 2 aliphatic rings. The maximum atomic E-state index is 12.6. The van der Waals surface area contributed by atoms with E-state index in [1.54, 1.807) is 0 Å². The number of hydrogen-bond donors (Lipinski definition) is 1. The largest absolute Gasteiger partial charge is 0.409 e. The van der Waals surface area contributed by atoms with Crippen LogP contribution in [0.1, 0.15) is 13.3 Å². The molecule has 2 saturated heterocycles. The molecule has 0 aromatic heterocycles. The smallest absolute Gasteiger partial charge is 0.335 e. The summed E-state index contributed by atoms with van der Waals surface area (Å²) in [5.41, 5.74) is 0. The van der Waals surface area contributed by atoms with Crippen LogP contribution in [-0.2, 0) is 4.79 Å². The van der Waals surface area contributed by atoms with Gasteiger partial charge in [0.25, 0.3) is 0 Å². The topological polar surface area (TPSA) is 32.3 Å². The van der Waals surface area contributed by atoms with Gasteiger partial charge < -0.3 is 10.2 Å². The third kappa shape index (κ3) is 2.59. The molecule has 9 heteroatoms. The Balaban J connectivity index is 2.28. The Kier molecular flexibility index (Phi) is 3.68. The molecule has 116 valence electrons. The Labute approximate surface area is 111 Å². The second-order valence-corrected chi connectivity index (χ2v) is 5.33. The van der Waals surface area contributed by atoms with E-state index in [0.29, 0.717) is 13.0 Å². The monoisotopic (exact) mass is 304 g/mol. The van der Waals surface area contributed by atoms with Gasteiger partial charge in [-0.2, -0.15) is 26.3 Å². The number of nitrogens with one attached hydrogen (secondary N) is 1. The van der Waals surface area contributed by atoms with E-state index in [-0.39, 0.29) is 12.5 Å². The molecular weight excluding hydrogens is 290 g/mol. The number of hydrogen-bond acceptors (Lipinski definition) is 2. The molecule has 0 radical (unpaired) electrons. The summed E-state index contributed by atoms with van der Waals surface area (Å²) in [6, 6.07) is -1.18. The lowest BCUT2D eigenvalue weighted by atomic mass is 10.0. The first-order chi connectivity index (χ1) is 9.03. The fourth-order valence-electron chi connectivity index (χ4n) is 3.16. The van der Waals surface area contributed by atoms with E-state index in [0.717, 1.165) is 4.90 Å². The van der Waals surface area contributed by atoms with Crippen LogP contribution in [0.25, 0.3) is 0 Å². The highest BCUT2D eigenvalue weighted by molar-refractivity contribution is 5.81. The Morgan fingerprint density at radius 1 is 1.15 bits per heavy atom. The molecule has 2 rings (SSSR count). The summed E-state index contributed by atoms with van der Waals surface area (Å²) < 4.78 is 75.6. The Morgan fingerprint density at radius 2 is 1.70 bits per heavy atom. The van der Waals surface area contributed by atoms with Gasteiger partial charge in [-0.3, -0.25) is 4.79 Å². The molecule has 3 unspecified atom stereocenters. The molecular formula is C11H14F6N2O. The van der Waals surface area contributed by atoms with Gasteiger partial charge in [0.1, 0.15) is 0 Å². The lowest BCUT2D eigenvalue weighted by molar-refractivity contribution is -0.278. The van der Waals surface area contributed by atoms with Gasteiger partial charge >= 0.3 is 12.4 Å². The molecule has 0 spiro atoms. The molecule has 2 heterocycles. The van der Waals surface area contributed by atoms with E-state index in [9.17, 15) is 31.1 Å². The molecule has 2 fully saturated rings. The van der Waals surface area contributed by atoms with Crippen molar-refractivity contribution in [2.75, 3.05) is 13.1 Å². The summed E-state index contributed by atoms with van der Waals surface area (Å²) in [5.74, 6) is -5.89. The quantitative estimate of drug-likeness (QED) is 0.751. The Hall–Kier alpha value is -0.990. The fourth-order valence-corrected chi connectivity index (χ4v) is 3.16. The van der Waals surface area contributed by atoms with Crippen LogP contribution in [0, 0.1) is 11.8 Å². The molecule has 0 bridgehead atoms. The van der Waals surface area contributed by atoms with Crippen LogP contribution in [0.4, 0.5) is 26.3 Å². The highest BCUT2D eigenvalue weighted by Gasteiger charge is 2.63. The minimum Gasteiger partial charge on any atom is -0.335 e. The van der Waals surface area contributed by atoms with Crippen molar-refractivity contribution in [1.29, 1.82) is 0 Å². The summed E-state index contributed by atoms with van der Waals surface area (Å²) >= 11 is 0. The van der Waals surface area contributed by atoms with Gasteiger partial charge in [0.05, 0.1) is 0 Å². The average molecular weight is 304 g/mol.